The minimum atomic E-state index is -0.496. The molecule has 1 N–H and O–H groups in total. The monoisotopic (exact) mass is 286 g/mol. The van der Waals surface area contributed by atoms with Crippen molar-refractivity contribution in [2.24, 2.45) is 0 Å². The smallest absolute Gasteiger partial charge is 0.269 e. The van der Waals surface area contributed by atoms with E-state index in [-0.39, 0.29) is 5.69 Å². The Kier molecular flexibility index (Phi) is 4.40. The van der Waals surface area contributed by atoms with Gasteiger partial charge in [0.1, 0.15) is 5.82 Å². The van der Waals surface area contributed by atoms with Crippen LogP contribution in [0.25, 0.3) is 6.08 Å². The quantitative estimate of drug-likeness (QED) is 0.532. The predicted molar refractivity (Wildman–Crippen MR) is 77.2 cm³/mol. The lowest BCUT2D eigenvalue weighted by atomic mass is 10.2. The van der Waals surface area contributed by atoms with Crippen molar-refractivity contribution in [1.82, 2.24) is 0 Å². The standard InChI is InChI=1S/C15H11FN2O3/c16-12-2-1-3-13(10-12)17-15(19)9-6-11-4-7-14(8-5-11)18(20)21/h1-10H,(H,17,19)/b9-6+. The lowest BCUT2D eigenvalue weighted by Gasteiger charge is -2.01. The summed E-state index contributed by atoms with van der Waals surface area (Å²) in [5.74, 6) is -0.855. The molecule has 0 aliphatic heterocycles. The van der Waals surface area contributed by atoms with E-state index >= 15 is 0 Å². The molecule has 5 nitrogen and oxygen atoms in total. The molecular weight excluding hydrogens is 275 g/mol. The summed E-state index contributed by atoms with van der Waals surface area (Å²) in [5, 5.41) is 13.0. The Morgan fingerprint density at radius 2 is 1.90 bits per heavy atom. The molecule has 2 aromatic rings. The third kappa shape index (κ3) is 4.24. The Bertz CT molecular complexity index is 696. The van der Waals surface area contributed by atoms with Crippen LogP contribution in [-0.2, 0) is 4.79 Å². The highest BCUT2D eigenvalue weighted by atomic mass is 19.1. The van der Waals surface area contributed by atoms with E-state index in [4.69, 9.17) is 0 Å². The third-order valence-electron chi connectivity index (χ3n) is 2.62. The minimum absolute atomic E-state index is 0.0173. The van der Waals surface area contributed by atoms with E-state index in [0.29, 0.717) is 11.3 Å². The molecule has 21 heavy (non-hydrogen) atoms. The van der Waals surface area contributed by atoms with Gasteiger partial charge in [-0.15, -0.1) is 0 Å². The number of nitro groups is 1. The second-order valence-electron chi connectivity index (χ2n) is 4.18. The second-order valence-corrected chi connectivity index (χ2v) is 4.18. The molecule has 6 heteroatoms. The molecule has 0 spiro atoms. The van der Waals surface area contributed by atoms with Crippen LogP contribution in [-0.4, -0.2) is 10.8 Å². The van der Waals surface area contributed by atoms with Crippen molar-refractivity contribution < 1.29 is 14.1 Å². The number of nitrogens with one attached hydrogen (secondary N) is 1. The Morgan fingerprint density at radius 3 is 2.52 bits per heavy atom. The van der Waals surface area contributed by atoms with Crippen LogP contribution in [0.5, 0.6) is 0 Å². The number of nitro benzene ring substituents is 1. The van der Waals surface area contributed by atoms with Crippen LogP contribution in [0.2, 0.25) is 0 Å². The number of nitrogens with zero attached hydrogens (tertiary/aromatic N) is 1. The fourth-order valence-electron chi connectivity index (χ4n) is 1.63. The summed E-state index contributed by atoms with van der Waals surface area (Å²) in [6, 6.07) is 11.3. The molecule has 0 bridgehead atoms. The zero-order valence-corrected chi connectivity index (χ0v) is 10.8. The first-order valence-corrected chi connectivity index (χ1v) is 6.04. The molecule has 0 radical (unpaired) electrons. The first-order valence-electron chi connectivity index (χ1n) is 6.04. The highest BCUT2D eigenvalue weighted by Gasteiger charge is 2.03. The van der Waals surface area contributed by atoms with Crippen LogP contribution in [0, 0.1) is 15.9 Å². The summed E-state index contributed by atoms with van der Waals surface area (Å²) < 4.78 is 12.9. The van der Waals surface area contributed by atoms with Crippen molar-refractivity contribution in [3.63, 3.8) is 0 Å². The number of halogens is 1. The molecule has 0 saturated heterocycles. The van der Waals surface area contributed by atoms with E-state index in [2.05, 4.69) is 5.32 Å². The lowest BCUT2D eigenvalue weighted by Crippen LogP contribution is -2.07. The molecule has 0 fully saturated rings. The fourth-order valence-corrected chi connectivity index (χ4v) is 1.63. The van der Waals surface area contributed by atoms with Crippen molar-refractivity contribution in [2.45, 2.75) is 0 Å². The second kappa shape index (κ2) is 6.42. The summed E-state index contributed by atoms with van der Waals surface area (Å²) in [4.78, 5) is 21.6. The Labute approximate surface area is 119 Å². The third-order valence-corrected chi connectivity index (χ3v) is 2.62. The van der Waals surface area contributed by atoms with E-state index in [0.717, 1.165) is 0 Å². The van der Waals surface area contributed by atoms with E-state index in [1.165, 1.54) is 54.6 Å². The van der Waals surface area contributed by atoms with Crippen molar-refractivity contribution in [3.05, 3.63) is 76.1 Å². The molecule has 106 valence electrons. The average molecular weight is 286 g/mol. The number of rotatable bonds is 4. The number of carbonyl (C=O) groups excluding carboxylic acids is 1. The van der Waals surface area contributed by atoms with E-state index in [1.54, 1.807) is 6.07 Å². The molecule has 1 amide bonds. The van der Waals surface area contributed by atoms with Gasteiger partial charge in [0.25, 0.3) is 5.69 Å². The van der Waals surface area contributed by atoms with E-state index in [1.807, 2.05) is 0 Å². The van der Waals surface area contributed by atoms with Gasteiger partial charge in [0, 0.05) is 23.9 Å². The first-order chi connectivity index (χ1) is 10.0. The lowest BCUT2D eigenvalue weighted by molar-refractivity contribution is -0.384. The Hall–Kier alpha value is -3.02. The van der Waals surface area contributed by atoms with Gasteiger partial charge in [-0.25, -0.2) is 4.39 Å². The number of benzene rings is 2. The summed E-state index contributed by atoms with van der Waals surface area (Å²) in [6.07, 6.45) is 2.78. The van der Waals surface area contributed by atoms with Crippen LogP contribution in [0.3, 0.4) is 0 Å². The SMILES string of the molecule is O=C(/C=C/c1ccc([N+](=O)[O-])cc1)Nc1cccc(F)c1. The van der Waals surface area contributed by atoms with Crippen molar-refractivity contribution in [3.8, 4) is 0 Å². The molecular formula is C15H11FN2O3. The summed E-state index contributed by atoms with van der Waals surface area (Å²) in [5.41, 5.74) is 0.986. The highest BCUT2D eigenvalue weighted by molar-refractivity contribution is 6.01. The van der Waals surface area contributed by atoms with Gasteiger partial charge in [0.15, 0.2) is 0 Å². The van der Waals surface area contributed by atoms with Gasteiger partial charge in [0.2, 0.25) is 5.91 Å². The Morgan fingerprint density at radius 1 is 1.19 bits per heavy atom. The maximum Gasteiger partial charge on any atom is 0.269 e. The van der Waals surface area contributed by atoms with Gasteiger partial charge in [0.05, 0.1) is 4.92 Å². The number of anilines is 1. The van der Waals surface area contributed by atoms with Gasteiger partial charge in [-0.1, -0.05) is 6.07 Å². The summed E-state index contributed by atoms with van der Waals surface area (Å²) in [7, 11) is 0. The zero-order chi connectivity index (χ0) is 15.2. The maximum atomic E-state index is 12.9. The summed E-state index contributed by atoms with van der Waals surface area (Å²) >= 11 is 0. The van der Waals surface area contributed by atoms with Crippen LogP contribution < -0.4 is 5.32 Å². The van der Waals surface area contributed by atoms with Gasteiger partial charge >= 0.3 is 0 Å². The van der Waals surface area contributed by atoms with Gasteiger partial charge in [-0.2, -0.15) is 0 Å². The van der Waals surface area contributed by atoms with Crippen molar-refractivity contribution >= 4 is 23.4 Å². The number of non-ortho nitro benzene ring substituents is 1. The van der Waals surface area contributed by atoms with Crippen LogP contribution in [0.15, 0.2) is 54.6 Å². The zero-order valence-electron chi connectivity index (χ0n) is 10.8. The van der Waals surface area contributed by atoms with Crippen LogP contribution in [0.1, 0.15) is 5.56 Å². The summed E-state index contributed by atoms with van der Waals surface area (Å²) in [6.45, 7) is 0. The maximum absolute atomic E-state index is 12.9. The normalized spacial score (nSPS) is 10.5. The molecule has 0 heterocycles. The molecule has 0 aliphatic rings. The average Bonchev–Trinajstić information content (AvgIpc) is 2.45. The topological polar surface area (TPSA) is 72.2 Å². The van der Waals surface area contributed by atoms with E-state index < -0.39 is 16.6 Å². The minimum Gasteiger partial charge on any atom is -0.322 e. The molecule has 0 atom stereocenters. The number of hydrogen-bond donors (Lipinski definition) is 1. The van der Waals surface area contributed by atoms with Crippen LogP contribution in [0.4, 0.5) is 15.8 Å². The molecule has 0 aromatic heterocycles. The molecule has 2 rings (SSSR count). The fraction of sp³-hybridized carbons (Fsp3) is 0. The largest absolute Gasteiger partial charge is 0.322 e. The van der Waals surface area contributed by atoms with E-state index in [9.17, 15) is 19.3 Å². The predicted octanol–water partition coefficient (Wildman–Crippen LogP) is 3.39. The van der Waals surface area contributed by atoms with Crippen LogP contribution >= 0.6 is 0 Å². The first kappa shape index (κ1) is 14.4. The molecule has 2 aromatic carbocycles. The van der Waals surface area contributed by atoms with Gasteiger partial charge in [-0.05, 0) is 42.0 Å². The van der Waals surface area contributed by atoms with Crippen molar-refractivity contribution in [1.29, 1.82) is 0 Å². The van der Waals surface area contributed by atoms with Gasteiger partial charge < -0.3 is 5.32 Å². The van der Waals surface area contributed by atoms with Crippen molar-refractivity contribution in [2.75, 3.05) is 5.32 Å². The molecule has 0 aliphatic carbocycles. The number of amides is 1. The molecule has 0 saturated carbocycles. The molecule has 0 unspecified atom stereocenters. The Balaban J connectivity index is 2.00. The highest BCUT2D eigenvalue weighted by Crippen LogP contribution is 2.13. The number of hydrogen-bond acceptors (Lipinski definition) is 3. The van der Waals surface area contributed by atoms with Gasteiger partial charge in [-0.3, -0.25) is 14.9 Å². The number of carbonyl (C=O) groups is 1.